The monoisotopic (exact) mass is 372 g/mol. The first-order valence-electron chi connectivity index (χ1n) is 8.84. The fourth-order valence-electron chi connectivity index (χ4n) is 4.98. The van der Waals surface area contributed by atoms with Crippen LogP contribution in [0.2, 0.25) is 0 Å². The molecule has 1 saturated carbocycles. The summed E-state index contributed by atoms with van der Waals surface area (Å²) in [6, 6.07) is 3.06. The van der Waals surface area contributed by atoms with Crippen molar-refractivity contribution in [2.75, 3.05) is 7.05 Å². The second-order valence-corrected chi connectivity index (χ2v) is 8.53. The fraction of sp³-hybridized carbons (Fsp3) is 0.526. The molecule has 1 saturated heterocycles. The third kappa shape index (κ3) is 3.09. The molecule has 0 spiro atoms. The Labute approximate surface area is 157 Å². The summed E-state index contributed by atoms with van der Waals surface area (Å²) in [7, 11) is 1.50. The van der Waals surface area contributed by atoms with Crippen LogP contribution < -0.4 is 10.9 Å². The van der Waals surface area contributed by atoms with E-state index < -0.39 is 28.1 Å². The van der Waals surface area contributed by atoms with E-state index in [2.05, 4.69) is 15.8 Å². The number of nitrogens with zero attached hydrogens (tertiary/aromatic N) is 2. The van der Waals surface area contributed by atoms with Gasteiger partial charge in [0.2, 0.25) is 17.7 Å². The lowest BCUT2D eigenvalue weighted by Crippen LogP contribution is -2.64. The van der Waals surface area contributed by atoms with Gasteiger partial charge in [-0.25, -0.2) is 0 Å². The van der Waals surface area contributed by atoms with Crippen LogP contribution in [0.25, 0.3) is 0 Å². The number of nitrogens with one attached hydrogen (secondary N) is 2. The SMILES string of the molecule is CN1C(=O)C2(C)CC(C)(C(=O)NNC(=O)c3ccncc3)CC(C)(C2)C1=O. The van der Waals surface area contributed by atoms with Gasteiger partial charge in [0.05, 0.1) is 5.41 Å². The van der Waals surface area contributed by atoms with Crippen LogP contribution in [-0.2, 0) is 14.4 Å². The van der Waals surface area contributed by atoms with Crippen molar-refractivity contribution >= 4 is 23.6 Å². The number of rotatable bonds is 2. The highest BCUT2D eigenvalue weighted by Crippen LogP contribution is 2.58. The molecule has 4 amide bonds. The van der Waals surface area contributed by atoms with Gasteiger partial charge < -0.3 is 0 Å². The summed E-state index contributed by atoms with van der Waals surface area (Å²) in [4.78, 5) is 55.4. The van der Waals surface area contributed by atoms with Gasteiger partial charge in [-0.2, -0.15) is 0 Å². The molecule has 1 aromatic heterocycles. The van der Waals surface area contributed by atoms with Crippen molar-refractivity contribution in [3.05, 3.63) is 30.1 Å². The van der Waals surface area contributed by atoms with E-state index in [9.17, 15) is 19.2 Å². The van der Waals surface area contributed by atoms with E-state index in [0.29, 0.717) is 24.8 Å². The molecule has 8 nitrogen and oxygen atoms in total. The molecule has 144 valence electrons. The molecule has 27 heavy (non-hydrogen) atoms. The molecular formula is C19H24N4O4. The molecule has 3 rings (SSSR count). The molecule has 2 fully saturated rings. The maximum atomic E-state index is 12.9. The van der Waals surface area contributed by atoms with Crippen molar-refractivity contribution in [2.24, 2.45) is 16.2 Å². The van der Waals surface area contributed by atoms with E-state index in [1.807, 2.05) is 0 Å². The van der Waals surface area contributed by atoms with E-state index in [1.54, 1.807) is 20.8 Å². The van der Waals surface area contributed by atoms with Crippen LogP contribution in [0.5, 0.6) is 0 Å². The van der Waals surface area contributed by atoms with Gasteiger partial charge in [-0.05, 0) is 31.4 Å². The van der Waals surface area contributed by atoms with E-state index in [1.165, 1.54) is 36.5 Å². The Morgan fingerprint density at radius 3 is 2.00 bits per heavy atom. The Bertz CT molecular complexity index is 794. The number of piperidine rings is 1. The van der Waals surface area contributed by atoms with Crippen LogP contribution in [0, 0.1) is 16.2 Å². The Morgan fingerprint density at radius 2 is 1.48 bits per heavy atom. The van der Waals surface area contributed by atoms with Gasteiger partial charge in [0.15, 0.2) is 0 Å². The number of fused-ring (bicyclic) bond motifs is 2. The molecule has 2 unspecified atom stereocenters. The first kappa shape index (κ1) is 19.0. The lowest BCUT2D eigenvalue weighted by Gasteiger charge is -2.55. The molecule has 0 aromatic carbocycles. The predicted molar refractivity (Wildman–Crippen MR) is 95.8 cm³/mol. The van der Waals surface area contributed by atoms with Gasteiger partial charge in [-0.15, -0.1) is 0 Å². The summed E-state index contributed by atoms with van der Waals surface area (Å²) in [5, 5.41) is 0. The molecule has 2 heterocycles. The highest BCUT2D eigenvalue weighted by molar-refractivity contribution is 6.04. The number of carbonyl (C=O) groups is 4. The summed E-state index contributed by atoms with van der Waals surface area (Å²) < 4.78 is 0. The zero-order chi connectivity index (χ0) is 20.0. The van der Waals surface area contributed by atoms with E-state index in [-0.39, 0.29) is 11.8 Å². The van der Waals surface area contributed by atoms with Crippen molar-refractivity contribution in [2.45, 2.75) is 40.0 Å². The first-order chi connectivity index (χ1) is 12.5. The van der Waals surface area contributed by atoms with E-state index in [4.69, 9.17) is 0 Å². The molecule has 2 bridgehead atoms. The van der Waals surface area contributed by atoms with Gasteiger partial charge in [0, 0.05) is 35.8 Å². The topological polar surface area (TPSA) is 108 Å². The zero-order valence-electron chi connectivity index (χ0n) is 16.0. The maximum absolute atomic E-state index is 12.9. The fourth-order valence-corrected chi connectivity index (χ4v) is 4.98. The number of pyridine rings is 1. The van der Waals surface area contributed by atoms with Crippen molar-refractivity contribution < 1.29 is 19.2 Å². The predicted octanol–water partition coefficient (Wildman–Crippen LogP) is 1.04. The Hall–Kier alpha value is -2.77. The largest absolute Gasteiger partial charge is 0.285 e. The number of carbonyl (C=O) groups excluding carboxylic acids is 4. The minimum absolute atomic E-state index is 0.260. The third-order valence-corrected chi connectivity index (χ3v) is 5.76. The van der Waals surface area contributed by atoms with Gasteiger partial charge in [0.25, 0.3) is 5.91 Å². The molecule has 1 aliphatic carbocycles. The van der Waals surface area contributed by atoms with Crippen molar-refractivity contribution in [1.82, 2.24) is 20.7 Å². The van der Waals surface area contributed by atoms with Gasteiger partial charge in [0.1, 0.15) is 0 Å². The van der Waals surface area contributed by atoms with Crippen LogP contribution in [0.1, 0.15) is 50.4 Å². The van der Waals surface area contributed by atoms with E-state index >= 15 is 0 Å². The normalized spacial score (nSPS) is 32.8. The quantitative estimate of drug-likeness (QED) is 0.596. The molecule has 2 atom stereocenters. The standard InChI is InChI=1S/C19H24N4O4/c1-17(14(25)22-21-13(24)12-5-7-20-8-6-12)9-18(2)11-19(3,10-17)16(27)23(4)15(18)26/h5-8H,9-11H2,1-4H3,(H,21,24)(H,22,25). The second-order valence-electron chi connectivity index (χ2n) is 8.53. The first-order valence-corrected chi connectivity index (χ1v) is 8.84. The number of hydrogen-bond acceptors (Lipinski definition) is 5. The van der Waals surface area contributed by atoms with E-state index in [0.717, 1.165) is 0 Å². The van der Waals surface area contributed by atoms with Crippen LogP contribution in [0.15, 0.2) is 24.5 Å². The molecule has 0 radical (unpaired) electrons. The average Bonchev–Trinajstić information content (AvgIpc) is 2.62. The Kier molecular flexibility index (Phi) is 4.32. The minimum Gasteiger partial charge on any atom is -0.285 e. The summed E-state index contributed by atoms with van der Waals surface area (Å²) in [5.41, 5.74) is 2.67. The molecular weight excluding hydrogens is 348 g/mol. The highest BCUT2D eigenvalue weighted by Gasteiger charge is 2.62. The van der Waals surface area contributed by atoms with Gasteiger partial charge in [-0.3, -0.25) is 39.9 Å². The van der Waals surface area contributed by atoms with Crippen LogP contribution >= 0.6 is 0 Å². The number of imide groups is 1. The lowest BCUT2D eigenvalue weighted by atomic mass is 9.51. The van der Waals surface area contributed by atoms with Crippen molar-refractivity contribution in [1.29, 1.82) is 0 Å². The van der Waals surface area contributed by atoms with Crippen LogP contribution in [0.3, 0.4) is 0 Å². The second kappa shape index (κ2) is 6.14. The Morgan fingerprint density at radius 1 is 0.963 bits per heavy atom. The third-order valence-electron chi connectivity index (χ3n) is 5.76. The number of aromatic nitrogens is 1. The highest BCUT2D eigenvalue weighted by atomic mass is 16.2. The zero-order valence-corrected chi connectivity index (χ0v) is 16.0. The number of hydrazine groups is 1. The molecule has 2 N–H and O–H groups in total. The lowest BCUT2D eigenvalue weighted by molar-refractivity contribution is -0.178. The summed E-state index contributed by atoms with van der Waals surface area (Å²) >= 11 is 0. The average molecular weight is 372 g/mol. The minimum atomic E-state index is -0.958. The number of amides is 4. The number of hydrogen-bond donors (Lipinski definition) is 2. The maximum Gasteiger partial charge on any atom is 0.269 e. The van der Waals surface area contributed by atoms with Crippen LogP contribution in [0.4, 0.5) is 0 Å². The molecule has 1 aromatic rings. The summed E-state index contributed by atoms with van der Waals surface area (Å²) in [6.07, 6.45) is 4.01. The molecule has 1 aliphatic heterocycles. The van der Waals surface area contributed by atoms with Crippen molar-refractivity contribution in [3.8, 4) is 0 Å². The summed E-state index contributed by atoms with van der Waals surface area (Å²) in [6.45, 7) is 5.34. The van der Waals surface area contributed by atoms with Gasteiger partial charge in [-0.1, -0.05) is 20.8 Å². The molecule has 2 aliphatic rings. The van der Waals surface area contributed by atoms with Crippen molar-refractivity contribution in [3.63, 3.8) is 0 Å². The molecule has 8 heteroatoms. The Balaban J connectivity index is 1.78. The number of likely N-dealkylation sites (tertiary alicyclic amines) is 1. The summed E-state index contributed by atoms with van der Waals surface area (Å²) in [5.74, 6) is -1.39. The smallest absolute Gasteiger partial charge is 0.269 e. The van der Waals surface area contributed by atoms with Crippen LogP contribution in [-0.4, -0.2) is 40.6 Å². The van der Waals surface area contributed by atoms with Gasteiger partial charge >= 0.3 is 0 Å².